The van der Waals surface area contributed by atoms with Crippen molar-refractivity contribution >= 4 is 49.5 Å². The van der Waals surface area contributed by atoms with E-state index in [2.05, 4.69) is 71.2 Å². The van der Waals surface area contributed by atoms with Gasteiger partial charge in [-0.3, -0.25) is 24.2 Å². The number of hydrogen-bond donors (Lipinski definition) is 4. The minimum Gasteiger partial charge on any atom is -0.444 e. The molecule has 11 fully saturated rings. The molecule has 0 aromatic carbocycles. The number of nitrogens with zero attached hydrogens (tertiary/aromatic N) is 4. The average molecular weight is 1510 g/mol. The number of Topliss-reactive ketones (excluding diaryl/α,β-unsaturated/α-hetero) is 2. The lowest BCUT2D eigenvalue weighted by Crippen LogP contribution is -2.49. The van der Waals surface area contributed by atoms with Gasteiger partial charge in [-0.15, -0.1) is 0 Å². The molecule has 5 unspecified atom stereocenters. The highest BCUT2D eigenvalue weighted by atomic mass is 28.3. The number of ketones is 2. The van der Waals surface area contributed by atoms with Crippen LogP contribution in [0.2, 0.25) is 19.6 Å². The van der Waals surface area contributed by atoms with Crippen molar-refractivity contribution in [3.63, 3.8) is 0 Å². The van der Waals surface area contributed by atoms with Crippen molar-refractivity contribution in [2.24, 2.45) is 4.99 Å². The molecule has 4 N–H and O–H groups in total. The molecular formula is C75H134F4N8O16Si. The number of nitrogens with one attached hydrogen (secondary N) is 4. The van der Waals surface area contributed by atoms with Gasteiger partial charge in [-0.25, -0.2) is 27.2 Å². The van der Waals surface area contributed by atoms with Crippen LogP contribution in [0.25, 0.3) is 0 Å². The zero-order valence-corrected chi connectivity index (χ0v) is 67.0. The average Bonchev–Trinajstić information content (AvgIpc) is 1.67. The lowest BCUT2D eigenvalue weighted by Gasteiger charge is -2.33. The Hall–Kier alpha value is -4.01. The molecule has 29 heteroatoms. The van der Waals surface area contributed by atoms with E-state index in [1.54, 1.807) is 32.6 Å². The summed E-state index contributed by atoms with van der Waals surface area (Å²) in [6.45, 7) is 40.5. The minimum atomic E-state index is -2.66. The van der Waals surface area contributed by atoms with Crippen LogP contribution in [-0.2, 0) is 66.5 Å². The Morgan fingerprint density at radius 3 is 1.43 bits per heavy atom. The summed E-state index contributed by atoms with van der Waals surface area (Å²) in [5.74, 6) is -5.46. The second-order valence-electron chi connectivity index (χ2n) is 32.7. The summed E-state index contributed by atoms with van der Waals surface area (Å²) >= 11 is 0. The molecule has 12 aliphatic rings. The Morgan fingerprint density at radius 1 is 0.452 bits per heavy atom. The van der Waals surface area contributed by atoms with Crippen LogP contribution in [0.15, 0.2) is 4.99 Å². The van der Waals surface area contributed by atoms with Crippen molar-refractivity contribution in [2.75, 3.05) is 105 Å². The van der Waals surface area contributed by atoms with Crippen molar-refractivity contribution in [1.29, 1.82) is 0 Å². The fourth-order valence-electron chi connectivity index (χ4n) is 13.6. The van der Waals surface area contributed by atoms with E-state index < -0.39 is 49.0 Å². The van der Waals surface area contributed by atoms with Gasteiger partial charge in [0.2, 0.25) is 23.7 Å². The molecule has 0 aliphatic carbocycles. The van der Waals surface area contributed by atoms with Gasteiger partial charge in [0.1, 0.15) is 22.8 Å². The second kappa shape index (κ2) is 42.2. The van der Waals surface area contributed by atoms with Gasteiger partial charge >= 0.3 is 12.2 Å². The number of carbonyl (C=O) groups is 6. The largest absolute Gasteiger partial charge is 0.444 e. The Bertz CT molecular complexity index is 2650. The summed E-state index contributed by atoms with van der Waals surface area (Å²) in [6, 6.07) is 1.29. The fourth-order valence-corrected chi connectivity index (χ4v) is 15.3. The van der Waals surface area contributed by atoms with E-state index in [9.17, 15) is 46.3 Å². The van der Waals surface area contributed by atoms with E-state index >= 15 is 0 Å². The van der Waals surface area contributed by atoms with E-state index in [-0.39, 0.29) is 85.6 Å². The maximum Gasteiger partial charge on any atom is 0.410 e. The van der Waals surface area contributed by atoms with E-state index in [0.29, 0.717) is 115 Å². The molecule has 5 atom stereocenters. The number of ether oxygens (including phenoxy) is 10. The Labute approximate surface area is 619 Å². The molecule has 0 aromatic heterocycles. The summed E-state index contributed by atoms with van der Waals surface area (Å²) in [5, 5.41) is 12.5. The number of likely N-dealkylation sites (tertiary alicyclic amines) is 2. The third-order valence-corrected chi connectivity index (χ3v) is 22.3. The number of aliphatic imine (C=N–C) groups is 1. The van der Waals surface area contributed by atoms with Crippen LogP contribution < -0.4 is 21.3 Å². The third-order valence-electron chi connectivity index (χ3n) is 20.2. The van der Waals surface area contributed by atoms with Crippen LogP contribution in [0.3, 0.4) is 0 Å². The molecule has 0 aromatic rings. The van der Waals surface area contributed by atoms with Crippen molar-refractivity contribution in [1.82, 2.24) is 35.6 Å². The molecule has 12 aliphatic heterocycles. The molecule has 4 spiro atoms. The number of amides is 4. The van der Waals surface area contributed by atoms with Crippen molar-refractivity contribution in [3.8, 4) is 0 Å². The van der Waals surface area contributed by atoms with Crippen LogP contribution >= 0.6 is 0 Å². The summed E-state index contributed by atoms with van der Waals surface area (Å²) in [4.78, 5) is 76.3. The number of halogens is 4. The summed E-state index contributed by atoms with van der Waals surface area (Å²) in [6.07, 6.45) is 14.1. The van der Waals surface area contributed by atoms with Crippen molar-refractivity contribution in [3.05, 3.63) is 0 Å². The van der Waals surface area contributed by atoms with Crippen LogP contribution in [0.1, 0.15) is 237 Å². The fraction of sp³-hybridized carbons (Fsp3) is 0.907. The highest BCUT2D eigenvalue weighted by Crippen LogP contribution is 2.36. The Balaban J connectivity index is 0.000000215. The highest BCUT2D eigenvalue weighted by Gasteiger charge is 2.44. The number of alkyl halides is 4. The zero-order chi connectivity index (χ0) is 77.1. The third kappa shape index (κ3) is 33.9. The predicted octanol–water partition coefficient (Wildman–Crippen LogP) is 12.2. The summed E-state index contributed by atoms with van der Waals surface area (Å²) in [5.41, 5.74) is 0.157. The first-order valence-corrected chi connectivity index (χ1v) is 42.3. The van der Waals surface area contributed by atoms with Crippen molar-refractivity contribution < 1.29 is 93.7 Å². The van der Waals surface area contributed by atoms with Gasteiger partial charge in [0.25, 0.3) is 0 Å². The van der Waals surface area contributed by atoms with Gasteiger partial charge in [0, 0.05) is 204 Å². The van der Waals surface area contributed by atoms with Gasteiger partial charge in [-0.1, -0.05) is 19.6 Å². The molecule has 104 heavy (non-hydrogen) atoms. The smallest absolute Gasteiger partial charge is 0.410 e. The second-order valence-corrected chi connectivity index (χ2v) is 37.6. The molecule has 24 nitrogen and oxygen atoms in total. The number of rotatable bonds is 1. The van der Waals surface area contributed by atoms with Gasteiger partial charge in [0.05, 0.1) is 52.9 Å². The Kier molecular flexibility index (Phi) is 36.8. The topological polar surface area (TPSA) is 265 Å². The zero-order valence-electron chi connectivity index (χ0n) is 66.0. The van der Waals surface area contributed by atoms with E-state index in [1.807, 2.05) is 34.6 Å². The van der Waals surface area contributed by atoms with E-state index in [4.69, 9.17) is 47.4 Å². The summed E-state index contributed by atoms with van der Waals surface area (Å²) < 4.78 is 109. The first-order chi connectivity index (χ1) is 48.6. The normalized spacial score (nSPS) is 28.1. The van der Waals surface area contributed by atoms with E-state index in [0.717, 1.165) is 130 Å². The van der Waals surface area contributed by atoms with Crippen LogP contribution in [0, 0.1) is 0 Å². The molecule has 0 bridgehead atoms. The quantitative estimate of drug-likeness (QED) is 0.140. The molecule has 4 amide bonds. The maximum absolute atomic E-state index is 13.2. The molecule has 12 heterocycles. The standard InChI is InChI=1S/C12H21F2NO2.C12H21NO3.C11H21NO3Si.C9H17NO2.C9H15NO2.C8H13NO3.C7H13F2N.C7H13NO/c1-9-5-6-12(13,14)7-8-15(9)10(16)17-11(2,3)4;1-9-5-6-10(14)7-8-13(9)11(15)16-12(2,3)4;1-16(2,3)12-7-6-11(5-4-10(12)13)14-8-9-15-11;2*1-8-2-3-9(4-5-10-8)11-6-7-12-9;10-7-1-2-8(3-4-9-7)11-5-6-12-8;1-6-2-3-7(8,9)4-5-10-6;1-6-2-3-7(9)4-5-8-6/h9H,5-8H2,1-4H3;9H,5-8H2,1-4H3;4-9H2,1-3H3;8,10H,2-7H2,1H3;2-7H2,1H3;1-6H2,(H,9,10);6,10H,2-5H2,1H3;6,8H,2-5H2,1H3. The molecule has 12 rings (SSSR count). The monoisotopic (exact) mass is 1510 g/mol. The Morgan fingerprint density at radius 2 is 0.875 bits per heavy atom. The number of carbonyl (C=O) groups excluding carboxylic acids is 6. The van der Waals surface area contributed by atoms with Crippen LogP contribution in [-0.4, -0.2) is 245 Å². The first kappa shape index (κ1) is 90.6. The highest BCUT2D eigenvalue weighted by molar-refractivity contribution is 6.75. The van der Waals surface area contributed by atoms with E-state index in [1.165, 1.54) is 10.6 Å². The molecule has 602 valence electrons. The van der Waals surface area contributed by atoms with Gasteiger partial charge in [-0.2, -0.15) is 0 Å². The molecular weight excluding hydrogens is 1370 g/mol. The van der Waals surface area contributed by atoms with Gasteiger partial charge < -0.3 is 83.0 Å². The molecule has 0 saturated carbocycles. The molecule has 0 radical (unpaired) electrons. The number of hydrogen-bond acceptors (Lipinski definition) is 20. The molecule has 11 saturated heterocycles. The van der Waals surface area contributed by atoms with Crippen LogP contribution in [0.5, 0.6) is 0 Å². The van der Waals surface area contributed by atoms with Gasteiger partial charge in [-0.05, 0) is 122 Å². The summed E-state index contributed by atoms with van der Waals surface area (Å²) in [7, 11) is -1.55. The van der Waals surface area contributed by atoms with Crippen molar-refractivity contribution in [2.45, 2.75) is 333 Å². The van der Waals surface area contributed by atoms with Gasteiger partial charge in [0.15, 0.2) is 31.4 Å². The lowest BCUT2D eigenvalue weighted by atomic mass is 10.1. The van der Waals surface area contributed by atoms with Crippen LogP contribution in [0.4, 0.5) is 27.2 Å². The minimum absolute atomic E-state index is 0.00264. The first-order valence-electron chi connectivity index (χ1n) is 38.8. The lowest BCUT2D eigenvalue weighted by molar-refractivity contribution is -0.164. The SMILES string of the molecule is CC1=NCCC2(CC1)OCCO2.CC1CCC(=O)CCN1.CC1CCC(=O)CCN1C(=O)OC(C)(C)C.CC1CCC(F)(F)CCN1.CC1CCC(F)(F)CCN1C(=O)OC(C)(C)C.CC1CCC2(CCN1)OCCO2.C[Si](C)(C)N1CCC2(CCC1=O)OCCO2.O=C1CCC2(CCN1)OCCO2. The maximum atomic E-state index is 13.2. The predicted molar refractivity (Wildman–Crippen MR) is 392 cm³/mol.